The molecule has 10 heteroatoms. The van der Waals surface area contributed by atoms with Crippen LogP contribution < -0.4 is 9.62 Å². The molecule has 0 spiro atoms. The molecule has 43 heavy (non-hydrogen) atoms. The molecule has 4 rings (SSSR count). The van der Waals surface area contributed by atoms with Gasteiger partial charge < -0.3 is 10.2 Å². The Balaban J connectivity index is 1.77. The number of rotatable bonds is 13. The minimum Gasteiger partial charge on any atom is -0.354 e. The normalized spacial score (nSPS) is 11.9. The van der Waals surface area contributed by atoms with Crippen molar-refractivity contribution < 1.29 is 22.4 Å². The lowest BCUT2D eigenvalue weighted by Crippen LogP contribution is -2.53. The van der Waals surface area contributed by atoms with E-state index in [1.165, 1.54) is 4.90 Å². The Morgan fingerprint density at radius 1 is 0.837 bits per heavy atom. The molecule has 0 saturated carbocycles. The standard InChI is InChI=1S/C33H33ClFN3O4S/c1-2-21-36-33(40)31(22-25-9-5-3-6-10-25)37(23-26-13-15-27(34)16-14-26)32(39)24-38(29-11-7-4-8-12-29)43(41,42)30-19-17-28(35)18-20-30/h3-20,31H,2,21-24H2,1H3,(H,36,40)/t31-/m1/s1. The van der Waals surface area contributed by atoms with Crippen molar-refractivity contribution in [3.8, 4) is 0 Å². The maximum atomic E-state index is 14.3. The second kappa shape index (κ2) is 14.8. The first kappa shape index (κ1) is 31.7. The quantitative estimate of drug-likeness (QED) is 0.203. The van der Waals surface area contributed by atoms with Gasteiger partial charge in [0.2, 0.25) is 11.8 Å². The third kappa shape index (κ3) is 8.43. The number of anilines is 1. The number of nitrogens with zero attached hydrogens (tertiary/aromatic N) is 2. The number of nitrogens with one attached hydrogen (secondary N) is 1. The second-order valence-corrected chi connectivity index (χ2v) is 12.2. The van der Waals surface area contributed by atoms with E-state index in [0.717, 1.165) is 34.1 Å². The van der Waals surface area contributed by atoms with Crippen LogP contribution in [0.5, 0.6) is 0 Å². The molecule has 0 aliphatic rings. The first-order valence-corrected chi connectivity index (χ1v) is 15.7. The van der Waals surface area contributed by atoms with Crippen molar-refractivity contribution in [2.24, 2.45) is 0 Å². The Morgan fingerprint density at radius 2 is 1.44 bits per heavy atom. The molecule has 0 aliphatic carbocycles. The molecule has 224 valence electrons. The van der Waals surface area contributed by atoms with Crippen molar-refractivity contribution in [1.82, 2.24) is 10.2 Å². The third-order valence-electron chi connectivity index (χ3n) is 6.81. The largest absolute Gasteiger partial charge is 0.354 e. The lowest BCUT2D eigenvalue weighted by Gasteiger charge is -2.34. The highest BCUT2D eigenvalue weighted by atomic mass is 35.5. The fourth-order valence-electron chi connectivity index (χ4n) is 4.56. The maximum absolute atomic E-state index is 14.3. The van der Waals surface area contributed by atoms with E-state index in [9.17, 15) is 22.4 Å². The third-order valence-corrected chi connectivity index (χ3v) is 8.85. The molecular formula is C33H33ClFN3O4S. The molecule has 0 bridgehead atoms. The van der Waals surface area contributed by atoms with Crippen molar-refractivity contribution in [2.75, 3.05) is 17.4 Å². The molecule has 4 aromatic rings. The highest BCUT2D eigenvalue weighted by molar-refractivity contribution is 7.92. The summed E-state index contributed by atoms with van der Waals surface area (Å²) in [5.74, 6) is -1.52. The summed E-state index contributed by atoms with van der Waals surface area (Å²) in [5.41, 5.74) is 1.81. The molecule has 0 saturated heterocycles. The minimum absolute atomic E-state index is 0.0340. The zero-order valence-electron chi connectivity index (χ0n) is 23.7. The average molecular weight is 622 g/mol. The Kier molecular flexibility index (Phi) is 10.9. The van der Waals surface area contributed by atoms with Gasteiger partial charge in [0.25, 0.3) is 10.0 Å². The van der Waals surface area contributed by atoms with Crippen LogP contribution in [0.4, 0.5) is 10.1 Å². The van der Waals surface area contributed by atoms with Crippen LogP contribution in [0.2, 0.25) is 5.02 Å². The SMILES string of the molecule is CCCNC(=O)[C@@H](Cc1ccccc1)N(Cc1ccc(Cl)cc1)C(=O)CN(c1ccccc1)S(=O)(=O)c1ccc(F)cc1. The van der Waals surface area contributed by atoms with Crippen LogP contribution in [-0.2, 0) is 32.6 Å². The van der Waals surface area contributed by atoms with E-state index < -0.39 is 34.3 Å². The Labute approximate surface area is 257 Å². The van der Waals surface area contributed by atoms with Crippen LogP contribution in [0.15, 0.2) is 114 Å². The molecule has 0 aliphatic heterocycles. The number of halogens is 2. The van der Waals surface area contributed by atoms with Crippen LogP contribution in [0.1, 0.15) is 24.5 Å². The molecule has 7 nitrogen and oxygen atoms in total. The van der Waals surface area contributed by atoms with Gasteiger partial charge in [-0.2, -0.15) is 0 Å². The molecule has 1 atom stereocenters. The van der Waals surface area contributed by atoms with Gasteiger partial charge in [0.1, 0.15) is 18.4 Å². The first-order valence-electron chi connectivity index (χ1n) is 13.9. The Morgan fingerprint density at radius 3 is 2.05 bits per heavy atom. The van der Waals surface area contributed by atoms with Gasteiger partial charge in [-0.05, 0) is 66.1 Å². The average Bonchev–Trinajstić information content (AvgIpc) is 3.02. The van der Waals surface area contributed by atoms with E-state index in [0.29, 0.717) is 23.6 Å². The van der Waals surface area contributed by atoms with Gasteiger partial charge in [0.15, 0.2) is 0 Å². The van der Waals surface area contributed by atoms with Crippen molar-refractivity contribution in [1.29, 1.82) is 0 Å². The summed E-state index contributed by atoms with van der Waals surface area (Å²) in [5, 5.41) is 3.43. The predicted molar refractivity (Wildman–Crippen MR) is 167 cm³/mol. The lowest BCUT2D eigenvalue weighted by molar-refractivity contribution is -0.140. The summed E-state index contributed by atoms with van der Waals surface area (Å²) < 4.78 is 42.4. The minimum atomic E-state index is -4.30. The number of amides is 2. The molecule has 0 heterocycles. The number of sulfonamides is 1. The molecule has 1 N–H and O–H groups in total. The summed E-state index contributed by atoms with van der Waals surface area (Å²) in [6, 6.07) is 27.9. The number of benzene rings is 4. The van der Waals surface area contributed by atoms with Gasteiger partial charge in [0.05, 0.1) is 10.6 Å². The molecule has 0 radical (unpaired) electrons. The highest BCUT2D eigenvalue weighted by Gasteiger charge is 2.34. The van der Waals surface area contributed by atoms with Gasteiger partial charge >= 0.3 is 0 Å². The summed E-state index contributed by atoms with van der Waals surface area (Å²) in [4.78, 5) is 29.1. The van der Waals surface area contributed by atoms with Crippen LogP contribution in [-0.4, -0.2) is 44.3 Å². The van der Waals surface area contributed by atoms with E-state index in [2.05, 4.69) is 5.32 Å². The van der Waals surface area contributed by atoms with Gasteiger partial charge in [0, 0.05) is 24.5 Å². The zero-order valence-corrected chi connectivity index (χ0v) is 25.3. The number of carbonyl (C=O) groups is 2. The van der Waals surface area contributed by atoms with Crippen molar-refractivity contribution in [3.05, 3.63) is 131 Å². The van der Waals surface area contributed by atoms with E-state index in [-0.39, 0.29) is 29.5 Å². The van der Waals surface area contributed by atoms with Crippen molar-refractivity contribution in [3.63, 3.8) is 0 Å². The second-order valence-electron chi connectivity index (χ2n) is 9.95. The predicted octanol–water partition coefficient (Wildman–Crippen LogP) is 5.84. The van der Waals surface area contributed by atoms with Crippen LogP contribution in [0, 0.1) is 5.82 Å². The Bertz CT molecular complexity index is 1600. The molecular weight excluding hydrogens is 589 g/mol. The van der Waals surface area contributed by atoms with Crippen LogP contribution in [0.25, 0.3) is 0 Å². The van der Waals surface area contributed by atoms with Gasteiger partial charge in [-0.3, -0.25) is 13.9 Å². The number of hydrogen-bond donors (Lipinski definition) is 1. The fourth-order valence-corrected chi connectivity index (χ4v) is 6.10. The van der Waals surface area contributed by atoms with Crippen LogP contribution in [0.3, 0.4) is 0 Å². The number of para-hydroxylation sites is 1. The van der Waals surface area contributed by atoms with Gasteiger partial charge in [-0.25, -0.2) is 12.8 Å². The summed E-state index contributed by atoms with van der Waals surface area (Å²) in [6.07, 6.45) is 0.915. The topological polar surface area (TPSA) is 86.8 Å². The van der Waals surface area contributed by atoms with E-state index in [1.54, 1.807) is 54.6 Å². The molecule has 2 amide bonds. The van der Waals surface area contributed by atoms with Gasteiger partial charge in [-0.15, -0.1) is 0 Å². The summed E-state index contributed by atoms with van der Waals surface area (Å²) >= 11 is 6.10. The van der Waals surface area contributed by atoms with E-state index in [1.807, 2.05) is 37.3 Å². The Hall–Kier alpha value is -4.21. The highest BCUT2D eigenvalue weighted by Crippen LogP contribution is 2.25. The zero-order chi connectivity index (χ0) is 30.8. The van der Waals surface area contributed by atoms with Crippen molar-refractivity contribution in [2.45, 2.75) is 37.2 Å². The van der Waals surface area contributed by atoms with E-state index >= 15 is 0 Å². The van der Waals surface area contributed by atoms with E-state index in [4.69, 9.17) is 11.6 Å². The van der Waals surface area contributed by atoms with Crippen LogP contribution >= 0.6 is 11.6 Å². The fraction of sp³-hybridized carbons (Fsp3) is 0.212. The first-order chi connectivity index (χ1) is 20.7. The molecule has 0 fully saturated rings. The number of hydrogen-bond acceptors (Lipinski definition) is 4. The summed E-state index contributed by atoms with van der Waals surface area (Å²) in [6.45, 7) is 1.79. The molecule has 0 aromatic heterocycles. The summed E-state index contributed by atoms with van der Waals surface area (Å²) in [7, 11) is -4.30. The smallest absolute Gasteiger partial charge is 0.264 e. The monoisotopic (exact) mass is 621 g/mol. The molecule has 0 unspecified atom stereocenters. The number of carbonyl (C=O) groups excluding carboxylic acids is 2. The molecule has 4 aromatic carbocycles. The maximum Gasteiger partial charge on any atom is 0.264 e. The van der Waals surface area contributed by atoms with Gasteiger partial charge in [-0.1, -0.05) is 79.2 Å². The van der Waals surface area contributed by atoms with Crippen molar-refractivity contribution >= 4 is 39.1 Å². The lowest BCUT2D eigenvalue weighted by atomic mass is 10.0.